The lowest BCUT2D eigenvalue weighted by molar-refractivity contribution is -0.0287. The first-order chi connectivity index (χ1) is 9.02. The van der Waals surface area contributed by atoms with Crippen molar-refractivity contribution in [3.8, 4) is 5.75 Å². The van der Waals surface area contributed by atoms with Crippen molar-refractivity contribution >= 4 is 11.7 Å². The van der Waals surface area contributed by atoms with Crippen LogP contribution in [0.3, 0.4) is 0 Å². The van der Waals surface area contributed by atoms with Crippen molar-refractivity contribution in [2.24, 2.45) is 0 Å². The number of hydrogen-bond donors (Lipinski definition) is 3. The van der Waals surface area contributed by atoms with Gasteiger partial charge >= 0.3 is 6.03 Å². The van der Waals surface area contributed by atoms with Crippen molar-refractivity contribution in [3.63, 3.8) is 0 Å². The Hall–Kier alpha value is -1.75. The van der Waals surface area contributed by atoms with Gasteiger partial charge in [0.15, 0.2) is 0 Å². The zero-order valence-corrected chi connectivity index (χ0v) is 11.3. The van der Waals surface area contributed by atoms with Gasteiger partial charge in [-0.25, -0.2) is 4.79 Å². The molecule has 0 bridgehead atoms. The van der Waals surface area contributed by atoms with Gasteiger partial charge in [0.1, 0.15) is 5.75 Å². The molecule has 1 aromatic carbocycles. The number of aryl methyl sites for hydroxylation is 1. The maximum atomic E-state index is 11.8. The fourth-order valence-corrected chi connectivity index (χ4v) is 2.09. The molecule has 0 radical (unpaired) electrons. The van der Waals surface area contributed by atoms with Crippen LogP contribution in [-0.2, 0) is 0 Å². The minimum Gasteiger partial charge on any atom is -0.495 e. The van der Waals surface area contributed by atoms with E-state index in [2.05, 4.69) is 10.6 Å². The Kier molecular flexibility index (Phi) is 3.95. The molecule has 5 nitrogen and oxygen atoms in total. The molecule has 1 aliphatic carbocycles. The third kappa shape index (κ3) is 3.38. The third-order valence-corrected chi connectivity index (χ3v) is 3.47. The van der Waals surface area contributed by atoms with E-state index in [-0.39, 0.29) is 12.6 Å². The highest BCUT2D eigenvalue weighted by molar-refractivity contribution is 5.91. The molecule has 0 heterocycles. The Morgan fingerprint density at radius 2 is 2.21 bits per heavy atom. The second-order valence-corrected chi connectivity index (χ2v) is 5.09. The van der Waals surface area contributed by atoms with Crippen molar-refractivity contribution in [2.45, 2.75) is 31.8 Å². The predicted octanol–water partition coefficient (Wildman–Crippen LogP) is 2.04. The highest BCUT2D eigenvalue weighted by atomic mass is 16.5. The summed E-state index contributed by atoms with van der Waals surface area (Å²) in [7, 11) is 1.56. The summed E-state index contributed by atoms with van der Waals surface area (Å²) in [6, 6.07) is 5.24. The Balaban J connectivity index is 1.92. The molecular formula is C14H20N2O3. The molecule has 2 amide bonds. The maximum absolute atomic E-state index is 11.8. The topological polar surface area (TPSA) is 70.6 Å². The minimum atomic E-state index is -0.714. The summed E-state index contributed by atoms with van der Waals surface area (Å²) in [5.74, 6) is 0.614. The molecule has 0 atom stereocenters. The molecule has 2 rings (SSSR count). The number of carbonyl (C=O) groups is 1. The normalized spacial score (nSPS) is 16.4. The van der Waals surface area contributed by atoms with E-state index in [1.165, 1.54) is 0 Å². The summed E-state index contributed by atoms with van der Waals surface area (Å²) >= 11 is 0. The highest BCUT2D eigenvalue weighted by Crippen LogP contribution is 2.30. The predicted molar refractivity (Wildman–Crippen MR) is 73.6 cm³/mol. The number of aliphatic hydroxyl groups is 1. The number of methoxy groups -OCH3 is 1. The quantitative estimate of drug-likeness (QED) is 0.779. The van der Waals surface area contributed by atoms with Crippen LogP contribution in [0.25, 0.3) is 0 Å². The van der Waals surface area contributed by atoms with Gasteiger partial charge in [-0.3, -0.25) is 0 Å². The fraction of sp³-hybridized carbons (Fsp3) is 0.500. The number of carbonyl (C=O) groups excluding carboxylic acids is 1. The summed E-state index contributed by atoms with van der Waals surface area (Å²) in [5, 5.41) is 15.3. The molecule has 0 aromatic heterocycles. The van der Waals surface area contributed by atoms with Crippen molar-refractivity contribution in [3.05, 3.63) is 23.8 Å². The number of amides is 2. The van der Waals surface area contributed by atoms with Gasteiger partial charge in [-0.2, -0.15) is 0 Å². The Morgan fingerprint density at radius 3 is 2.79 bits per heavy atom. The first kappa shape index (κ1) is 13.7. The second-order valence-electron chi connectivity index (χ2n) is 5.09. The fourth-order valence-electron chi connectivity index (χ4n) is 2.09. The van der Waals surface area contributed by atoms with E-state index in [1.54, 1.807) is 7.11 Å². The Morgan fingerprint density at radius 1 is 1.47 bits per heavy atom. The van der Waals surface area contributed by atoms with Crippen LogP contribution in [0.1, 0.15) is 24.8 Å². The number of ether oxygens (including phenoxy) is 1. The molecule has 1 aromatic rings. The SMILES string of the molecule is COc1ccc(C)cc1NC(=O)NCC1(O)CCC1. The van der Waals surface area contributed by atoms with Crippen LogP contribution in [0, 0.1) is 6.92 Å². The molecule has 0 saturated heterocycles. The molecule has 0 spiro atoms. The summed E-state index contributed by atoms with van der Waals surface area (Å²) in [6.45, 7) is 2.23. The monoisotopic (exact) mass is 264 g/mol. The highest BCUT2D eigenvalue weighted by Gasteiger charge is 2.34. The summed E-state index contributed by atoms with van der Waals surface area (Å²) < 4.78 is 5.19. The lowest BCUT2D eigenvalue weighted by Gasteiger charge is -2.36. The van der Waals surface area contributed by atoms with Crippen LogP contribution in [0.15, 0.2) is 18.2 Å². The summed E-state index contributed by atoms with van der Waals surface area (Å²) in [4.78, 5) is 11.8. The first-order valence-corrected chi connectivity index (χ1v) is 6.44. The van der Waals surface area contributed by atoms with Gasteiger partial charge in [-0.15, -0.1) is 0 Å². The van der Waals surface area contributed by atoms with Gasteiger partial charge in [0, 0.05) is 6.54 Å². The number of rotatable bonds is 4. The molecule has 1 fully saturated rings. The van der Waals surface area contributed by atoms with Crippen molar-refractivity contribution in [2.75, 3.05) is 19.0 Å². The third-order valence-electron chi connectivity index (χ3n) is 3.47. The molecule has 3 N–H and O–H groups in total. The molecule has 5 heteroatoms. The largest absolute Gasteiger partial charge is 0.495 e. The van der Waals surface area contributed by atoms with Crippen molar-refractivity contribution < 1.29 is 14.6 Å². The van der Waals surface area contributed by atoms with Crippen molar-refractivity contribution in [1.29, 1.82) is 0 Å². The van der Waals surface area contributed by atoms with E-state index in [4.69, 9.17) is 4.74 Å². The number of benzene rings is 1. The van der Waals surface area contributed by atoms with Gasteiger partial charge in [-0.1, -0.05) is 6.07 Å². The number of nitrogens with one attached hydrogen (secondary N) is 2. The Bertz CT molecular complexity index is 470. The van der Waals surface area contributed by atoms with E-state index < -0.39 is 5.60 Å². The molecular weight excluding hydrogens is 244 g/mol. The van der Waals surface area contributed by atoms with E-state index in [9.17, 15) is 9.90 Å². The van der Waals surface area contributed by atoms with Gasteiger partial charge in [0.2, 0.25) is 0 Å². The average molecular weight is 264 g/mol. The van der Waals surface area contributed by atoms with Crippen LogP contribution in [0.4, 0.5) is 10.5 Å². The molecule has 1 aliphatic rings. The lowest BCUT2D eigenvalue weighted by Crippen LogP contribution is -2.48. The van der Waals surface area contributed by atoms with Crippen LogP contribution >= 0.6 is 0 Å². The molecule has 0 unspecified atom stereocenters. The van der Waals surface area contributed by atoms with Gasteiger partial charge in [0.05, 0.1) is 18.4 Å². The second kappa shape index (κ2) is 5.48. The molecule has 0 aliphatic heterocycles. The zero-order valence-electron chi connectivity index (χ0n) is 11.3. The van der Waals surface area contributed by atoms with Crippen LogP contribution in [-0.4, -0.2) is 30.4 Å². The minimum absolute atomic E-state index is 0.285. The van der Waals surface area contributed by atoms with Gasteiger partial charge in [-0.05, 0) is 43.9 Å². The lowest BCUT2D eigenvalue weighted by atomic mass is 9.80. The molecule has 19 heavy (non-hydrogen) atoms. The van der Waals surface area contributed by atoms with Gasteiger partial charge in [0.25, 0.3) is 0 Å². The summed E-state index contributed by atoms with van der Waals surface area (Å²) in [6.07, 6.45) is 2.52. The maximum Gasteiger partial charge on any atom is 0.319 e. The first-order valence-electron chi connectivity index (χ1n) is 6.44. The summed E-state index contributed by atoms with van der Waals surface area (Å²) in [5.41, 5.74) is 0.947. The van der Waals surface area contributed by atoms with E-state index in [0.29, 0.717) is 11.4 Å². The van der Waals surface area contributed by atoms with Crippen molar-refractivity contribution in [1.82, 2.24) is 5.32 Å². The Labute approximate surface area is 113 Å². The van der Waals surface area contributed by atoms with E-state index in [0.717, 1.165) is 24.8 Å². The smallest absolute Gasteiger partial charge is 0.319 e. The number of hydrogen-bond acceptors (Lipinski definition) is 3. The molecule has 1 saturated carbocycles. The van der Waals surface area contributed by atoms with E-state index >= 15 is 0 Å². The van der Waals surface area contributed by atoms with Crippen LogP contribution in [0.5, 0.6) is 5.75 Å². The molecule has 104 valence electrons. The van der Waals surface area contributed by atoms with Gasteiger partial charge < -0.3 is 20.5 Å². The van der Waals surface area contributed by atoms with Crippen LogP contribution in [0.2, 0.25) is 0 Å². The van der Waals surface area contributed by atoms with E-state index in [1.807, 2.05) is 25.1 Å². The number of urea groups is 1. The standard InChI is InChI=1S/C14H20N2O3/c1-10-4-5-12(19-2)11(8-10)16-13(17)15-9-14(18)6-3-7-14/h4-5,8,18H,3,6-7,9H2,1-2H3,(H2,15,16,17). The number of anilines is 1. The zero-order chi connectivity index (χ0) is 13.9. The average Bonchev–Trinajstić information content (AvgIpc) is 2.34. The van der Waals surface area contributed by atoms with Crippen LogP contribution < -0.4 is 15.4 Å².